The SMILES string of the molecule is CC1(C(=O)NC(CCOC2CC(CCc3ccc4c(n3)CCCC4)C2)C(=O)O)CCc2ccccc2C1. The zero-order valence-electron chi connectivity index (χ0n) is 22.0. The van der Waals surface area contributed by atoms with Crippen LogP contribution in [0.25, 0.3) is 0 Å². The van der Waals surface area contributed by atoms with Crippen molar-refractivity contribution in [3.05, 3.63) is 64.5 Å². The van der Waals surface area contributed by atoms with Crippen molar-refractivity contribution in [1.82, 2.24) is 10.3 Å². The third kappa shape index (κ3) is 6.23. The van der Waals surface area contributed by atoms with E-state index in [-0.39, 0.29) is 18.4 Å². The summed E-state index contributed by atoms with van der Waals surface area (Å²) in [6, 6.07) is 11.7. The zero-order chi connectivity index (χ0) is 25.8. The highest BCUT2D eigenvalue weighted by molar-refractivity contribution is 5.87. The van der Waals surface area contributed by atoms with Crippen LogP contribution in [0.5, 0.6) is 0 Å². The number of aliphatic carboxylic acids is 1. The third-order valence-electron chi connectivity index (χ3n) is 8.79. The lowest BCUT2D eigenvalue weighted by Gasteiger charge is -2.36. The smallest absolute Gasteiger partial charge is 0.326 e. The molecule has 37 heavy (non-hydrogen) atoms. The van der Waals surface area contributed by atoms with E-state index in [0.717, 1.165) is 44.9 Å². The summed E-state index contributed by atoms with van der Waals surface area (Å²) in [5.41, 5.74) is 5.83. The molecule has 2 atom stereocenters. The molecule has 0 saturated heterocycles. The van der Waals surface area contributed by atoms with E-state index >= 15 is 0 Å². The number of nitrogens with one attached hydrogen (secondary N) is 1. The minimum atomic E-state index is -0.999. The van der Waals surface area contributed by atoms with Gasteiger partial charge in [-0.2, -0.15) is 0 Å². The number of rotatable bonds is 10. The first-order valence-electron chi connectivity index (χ1n) is 14.1. The zero-order valence-corrected chi connectivity index (χ0v) is 22.0. The molecule has 2 unspecified atom stereocenters. The van der Waals surface area contributed by atoms with Gasteiger partial charge in [0, 0.05) is 24.4 Å². The maximum atomic E-state index is 13.1. The van der Waals surface area contributed by atoms with E-state index in [4.69, 9.17) is 9.72 Å². The van der Waals surface area contributed by atoms with Crippen LogP contribution in [0.3, 0.4) is 0 Å². The summed E-state index contributed by atoms with van der Waals surface area (Å²) in [6.07, 6.45) is 11.7. The van der Waals surface area contributed by atoms with Crippen molar-refractivity contribution >= 4 is 11.9 Å². The van der Waals surface area contributed by atoms with Crippen LogP contribution in [-0.2, 0) is 46.4 Å². The molecule has 3 aliphatic rings. The predicted octanol–water partition coefficient (Wildman–Crippen LogP) is 4.84. The molecule has 1 aromatic heterocycles. The van der Waals surface area contributed by atoms with Crippen LogP contribution >= 0.6 is 0 Å². The molecule has 1 saturated carbocycles. The van der Waals surface area contributed by atoms with Gasteiger partial charge in [0.1, 0.15) is 6.04 Å². The Kier molecular flexibility index (Phi) is 7.94. The van der Waals surface area contributed by atoms with Crippen molar-refractivity contribution in [2.45, 2.75) is 96.1 Å². The van der Waals surface area contributed by atoms with Crippen LogP contribution in [0.4, 0.5) is 0 Å². The second kappa shape index (κ2) is 11.3. The lowest BCUT2D eigenvalue weighted by atomic mass is 9.72. The van der Waals surface area contributed by atoms with Gasteiger partial charge in [0.15, 0.2) is 0 Å². The Morgan fingerprint density at radius 2 is 1.86 bits per heavy atom. The quantitative estimate of drug-likeness (QED) is 0.483. The topological polar surface area (TPSA) is 88.5 Å². The van der Waals surface area contributed by atoms with Gasteiger partial charge in [0.2, 0.25) is 5.91 Å². The largest absolute Gasteiger partial charge is 0.480 e. The van der Waals surface area contributed by atoms with Gasteiger partial charge in [-0.05, 0) is 99.3 Å². The molecule has 0 aliphatic heterocycles. The lowest BCUT2D eigenvalue weighted by Crippen LogP contribution is -2.50. The molecule has 0 bridgehead atoms. The van der Waals surface area contributed by atoms with Gasteiger partial charge in [-0.15, -0.1) is 0 Å². The molecule has 1 heterocycles. The maximum Gasteiger partial charge on any atom is 0.326 e. The number of hydrogen-bond donors (Lipinski definition) is 2. The Morgan fingerprint density at radius 1 is 1.08 bits per heavy atom. The van der Waals surface area contributed by atoms with Crippen LogP contribution in [0.1, 0.15) is 79.9 Å². The molecular formula is C31H40N2O4. The van der Waals surface area contributed by atoms with E-state index < -0.39 is 17.4 Å². The number of aryl methyl sites for hydroxylation is 4. The molecule has 2 aromatic rings. The Bertz CT molecular complexity index is 1130. The number of carbonyl (C=O) groups is 2. The van der Waals surface area contributed by atoms with Crippen molar-refractivity contribution in [3.8, 4) is 0 Å². The molecule has 2 N–H and O–H groups in total. The summed E-state index contributed by atoms with van der Waals surface area (Å²) < 4.78 is 5.98. The van der Waals surface area contributed by atoms with Crippen molar-refractivity contribution in [2.24, 2.45) is 11.3 Å². The van der Waals surface area contributed by atoms with Crippen molar-refractivity contribution < 1.29 is 19.4 Å². The molecule has 0 spiro atoms. The Morgan fingerprint density at radius 3 is 2.68 bits per heavy atom. The highest BCUT2D eigenvalue weighted by Crippen LogP contribution is 2.36. The third-order valence-corrected chi connectivity index (χ3v) is 8.79. The van der Waals surface area contributed by atoms with Crippen molar-refractivity contribution in [2.75, 3.05) is 6.61 Å². The number of nitrogens with zero attached hydrogens (tertiary/aromatic N) is 1. The fourth-order valence-electron chi connectivity index (χ4n) is 6.19. The first-order chi connectivity index (χ1) is 17.9. The number of carboxylic acid groups (broad SMARTS) is 1. The van der Waals surface area contributed by atoms with E-state index in [2.05, 4.69) is 29.6 Å². The summed E-state index contributed by atoms with van der Waals surface area (Å²) in [4.78, 5) is 29.9. The molecule has 5 rings (SSSR count). The predicted molar refractivity (Wildman–Crippen MR) is 142 cm³/mol. The first kappa shape index (κ1) is 25.9. The highest BCUT2D eigenvalue weighted by Gasteiger charge is 2.38. The summed E-state index contributed by atoms with van der Waals surface area (Å²) >= 11 is 0. The molecule has 1 aromatic carbocycles. The van der Waals surface area contributed by atoms with E-state index in [9.17, 15) is 14.7 Å². The van der Waals surface area contributed by atoms with E-state index in [0.29, 0.717) is 18.9 Å². The average molecular weight is 505 g/mol. The lowest BCUT2D eigenvalue weighted by molar-refractivity contribution is -0.145. The number of carbonyl (C=O) groups excluding carboxylic acids is 1. The Balaban J connectivity index is 1.02. The Hall–Kier alpha value is -2.73. The van der Waals surface area contributed by atoms with E-state index in [1.54, 1.807) is 0 Å². The number of amides is 1. The van der Waals surface area contributed by atoms with Crippen LogP contribution in [-0.4, -0.2) is 40.7 Å². The van der Waals surface area contributed by atoms with Crippen LogP contribution in [0.15, 0.2) is 36.4 Å². The second-order valence-electron chi connectivity index (χ2n) is 11.6. The van der Waals surface area contributed by atoms with Crippen LogP contribution < -0.4 is 5.32 Å². The molecular weight excluding hydrogens is 464 g/mol. The van der Waals surface area contributed by atoms with Gasteiger partial charge in [0.25, 0.3) is 0 Å². The van der Waals surface area contributed by atoms with Gasteiger partial charge < -0.3 is 15.2 Å². The van der Waals surface area contributed by atoms with E-state index in [1.165, 1.54) is 47.3 Å². The van der Waals surface area contributed by atoms with Gasteiger partial charge in [-0.3, -0.25) is 9.78 Å². The van der Waals surface area contributed by atoms with Crippen molar-refractivity contribution in [3.63, 3.8) is 0 Å². The van der Waals surface area contributed by atoms with E-state index in [1.807, 2.05) is 19.1 Å². The monoisotopic (exact) mass is 504 g/mol. The van der Waals surface area contributed by atoms with Crippen molar-refractivity contribution in [1.29, 1.82) is 0 Å². The minimum Gasteiger partial charge on any atom is -0.480 e. The number of ether oxygens (including phenoxy) is 1. The molecule has 1 fully saturated rings. The number of aromatic nitrogens is 1. The molecule has 1 amide bonds. The number of carboxylic acids is 1. The summed E-state index contributed by atoms with van der Waals surface area (Å²) in [5.74, 6) is -0.526. The van der Waals surface area contributed by atoms with Gasteiger partial charge in [0.05, 0.1) is 11.5 Å². The molecule has 6 heteroatoms. The number of benzene rings is 1. The minimum absolute atomic E-state index is 0.172. The number of fused-ring (bicyclic) bond motifs is 2. The highest BCUT2D eigenvalue weighted by atomic mass is 16.5. The Labute approximate surface area is 220 Å². The average Bonchev–Trinajstić information content (AvgIpc) is 2.88. The maximum absolute atomic E-state index is 13.1. The van der Waals surface area contributed by atoms with Crippen LogP contribution in [0.2, 0.25) is 0 Å². The first-order valence-corrected chi connectivity index (χ1v) is 14.1. The molecule has 198 valence electrons. The summed E-state index contributed by atoms with van der Waals surface area (Å²) in [5, 5.41) is 12.5. The fourth-order valence-corrected chi connectivity index (χ4v) is 6.19. The number of hydrogen-bond acceptors (Lipinski definition) is 4. The molecule has 3 aliphatic carbocycles. The molecule has 6 nitrogen and oxygen atoms in total. The van der Waals surface area contributed by atoms with Gasteiger partial charge in [-0.25, -0.2) is 4.79 Å². The van der Waals surface area contributed by atoms with Gasteiger partial charge >= 0.3 is 5.97 Å². The fraction of sp³-hybridized carbons (Fsp3) is 0.581. The van der Waals surface area contributed by atoms with Crippen LogP contribution in [0, 0.1) is 11.3 Å². The summed E-state index contributed by atoms with van der Waals surface area (Å²) in [6.45, 7) is 2.29. The normalized spacial score (nSPS) is 25.3. The second-order valence-corrected chi connectivity index (χ2v) is 11.6. The van der Waals surface area contributed by atoms with Gasteiger partial charge in [-0.1, -0.05) is 37.3 Å². The molecule has 0 radical (unpaired) electrons. The standard InChI is InChI=1S/C31H40N2O4/c1-31(16-14-22-6-2-3-8-24(22)20-31)30(36)33-28(29(34)35)15-17-37-26-18-21(19-26)10-12-25-13-11-23-7-4-5-9-27(23)32-25/h2-3,6,8,11,13,21,26,28H,4-5,7,9-10,12,14-20H2,1H3,(H,33,36)(H,34,35). The number of pyridine rings is 1. The summed E-state index contributed by atoms with van der Waals surface area (Å²) in [7, 11) is 0.